The molecule has 0 spiro atoms. The Morgan fingerprint density at radius 3 is 2.44 bits per heavy atom. The molecule has 1 aliphatic rings. The lowest BCUT2D eigenvalue weighted by molar-refractivity contribution is -0.137. The Morgan fingerprint density at radius 2 is 1.72 bits per heavy atom. The molecule has 0 bridgehead atoms. The first-order valence-electron chi connectivity index (χ1n) is 13.8. The van der Waals surface area contributed by atoms with E-state index in [-0.39, 0.29) is 37.4 Å². The summed E-state index contributed by atoms with van der Waals surface area (Å²) in [5.74, 6) is -1.01. The zero-order valence-corrected chi connectivity index (χ0v) is 24.0. The summed E-state index contributed by atoms with van der Waals surface area (Å²) in [5.41, 5.74) is 5.99. The van der Waals surface area contributed by atoms with Crippen LogP contribution < -0.4 is 0 Å². The Kier molecular flexibility index (Phi) is 9.74. The van der Waals surface area contributed by atoms with Crippen LogP contribution >= 0.6 is 11.3 Å². The van der Waals surface area contributed by atoms with E-state index in [2.05, 4.69) is 9.98 Å². The summed E-state index contributed by atoms with van der Waals surface area (Å²) in [4.78, 5) is 34.4. The summed E-state index contributed by atoms with van der Waals surface area (Å²) in [5, 5.41) is 1.73. The van der Waals surface area contributed by atoms with Crippen LogP contribution in [0.3, 0.4) is 0 Å². The highest BCUT2D eigenvalue weighted by atomic mass is 32.1. The van der Waals surface area contributed by atoms with Gasteiger partial charge in [-0.3, -0.25) is 14.6 Å². The molecule has 220 valence electrons. The number of hydrogen-bond acceptors (Lipinski definition) is 6. The van der Waals surface area contributed by atoms with Crippen LogP contribution in [0.2, 0.25) is 0 Å². The number of nitrogens with zero attached hydrogens (tertiary/aromatic N) is 2. The molecule has 1 unspecified atom stereocenters. The number of alkyl halides is 3. The zero-order valence-electron chi connectivity index (χ0n) is 23.2. The van der Waals surface area contributed by atoms with E-state index in [1.807, 2.05) is 54.6 Å². The summed E-state index contributed by atoms with van der Waals surface area (Å²) >= 11 is 1.38. The number of allylic oxidation sites excluding steroid dienone is 1. The summed E-state index contributed by atoms with van der Waals surface area (Å²) < 4.78 is 46.1. The van der Waals surface area contributed by atoms with E-state index < -0.39 is 17.7 Å². The fourth-order valence-electron chi connectivity index (χ4n) is 4.96. The van der Waals surface area contributed by atoms with Gasteiger partial charge in [-0.1, -0.05) is 72.8 Å². The van der Waals surface area contributed by atoms with Crippen molar-refractivity contribution in [1.82, 2.24) is 4.98 Å². The number of rotatable bonds is 13. The second-order valence-electron chi connectivity index (χ2n) is 10.3. The van der Waals surface area contributed by atoms with Gasteiger partial charge in [0.25, 0.3) is 0 Å². The van der Waals surface area contributed by atoms with Gasteiger partial charge in [0.15, 0.2) is 5.78 Å². The predicted molar refractivity (Wildman–Crippen MR) is 161 cm³/mol. The van der Waals surface area contributed by atoms with Crippen molar-refractivity contribution in [3.05, 3.63) is 129 Å². The molecule has 0 amide bonds. The van der Waals surface area contributed by atoms with E-state index in [1.165, 1.54) is 17.4 Å². The normalized spacial score (nSPS) is 13.8. The molecule has 1 aliphatic heterocycles. The Balaban J connectivity index is 1.21. The highest BCUT2D eigenvalue weighted by Crippen LogP contribution is 2.33. The van der Waals surface area contributed by atoms with Gasteiger partial charge in [0, 0.05) is 49.1 Å². The van der Waals surface area contributed by atoms with Crippen molar-refractivity contribution >= 4 is 34.2 Å². The van der Waals surface area contributed by atoms with Gasteiger partial charge in [-0.15, -0.1) is 11.3 Å². The Bertz CT molecular complexity index is 1610. The van der Waals surface area contributed by atoms with E-state index in [1.54, 1.807) is 23.2 Å². The molecular formula is C34H29F3N2O3S. The SMILES string of the molecule is O=C(Cc1ccc(C2=CN=C(CC(=O)C(CCOCc3ccccc3)c3cccc(C(F)(F)F)c3)C2)cc1)c1cscn1. The molecule has 4 aromatic rings. The number of halogens is 3. The van der Waals surface area contributed by atoms with E-state index in [0.29, 0.717) is 30.0 Å². The number of aromatic nitrogens is 1. The Morgan fingerprint density at radius 1 is 0.930 bits per heavy atom. The number of hydrogen-bond donors (Lipinski definition) is 0. The Labute approximate surface area is 251 Å². The van der Waals surface area contributed by atoms with Crippen molar-refractivity contribution in [3.8, 4) is 0 Å². The largest absolute Gasteiger partial charge is 0.416 e. The number of carbonyl (C=O) groups excluding carboxylic acids is 2. The second kappa shape index (κ2) is 13.8. The molecule has 1 atom stereocenters. The minimum atomic E-state index is -4.51. The van der Waals surface area contributed by atoms with Crippen LogP contribution in [0.4, 0.5) is 13.2 Å². The lowest BCUT2D eigenvalue weighted by atomic mass is 9.87. The number of carbonyl (C=O) groups is 2. The molecule has 0 saturated carbocycles. The molecule has 0 radical (unpaired) electrons. The molecule has 0 aliphatic carbocycles. The van der Waals surface area contributed by atoms with Crippen molar-refractivity contribution in [3.63, 3.8) is 0 Å². The third kappa shape index (κ3) is 8.21. The molecule has 2 heterocycles. The molecule has 43 heavy (non-hydrogen) atoms. The topological polar surface area (TPSA) is 68.6 Å². The number of thiazole rings is 1. The van der Waals surface area contributed by atoms with Crippen molar-refractivity contribution in [2.45, 2.75) is 44.4 Å². The van der Waals surface area contributed by atoms with Crippen molar-refractivity contribution in [2.75, 3.05) is 6.61 Å². The average molecular weight is 603 g/mol. The predicted octanol–water partition coefficient (Wildman–Crippen LogP) is 8.12. The van der Waals surface area contributed by atoms with Crippen LogP contribution in [-0.4, -0.2) is 28.9 Å². The quantitative estimate of drug-likeness (QED) is 0.115. The molecule has 5 rings (SSSR count). The fraction of sp³-hybridized carbons (Fsp3) is 0.235. The standard InChI is InChI=1S/C34H29F3N2O3S/c35-34(36,37)28-8-4-7-26(16-28)30(13-14-42-20-24-5-2-1-3-6-24)32(40)18-29-17-27(19-38-29)25-11-9-23(10-12-25)15-33(41)31-21-43-22-39-31/h1-12,16,19,21-22,30H,13-15,17-18,20H2. The van der Waals surface area contributed by atoms with E-state index in [9.17, 15) is 22.8 Å². The van der Waals surface area contributed by atoms with Crippen LogP contribution in [0.25, 0.3) is 5.57 Å². The lowest BCUT2D eigenvalue weighted by Crippen LogP contribution is -2.19. The maximum absolute atomic E-state index is 13.5. The number of ether oxygens (including phenoxy) is 1. The zero-order chi connectivity index (χ0) is 30.2. The van der Waals surface area contributed by atoms with Gasteiger partial charge in [0.05, 0.1) is 17.7 Å². The van der Waals surface area contributed by atoms with E-state index in [4.69, 9.17) is 4.74 Å². The third-order valence-electron chi connectivity index (χ3n) is 7.25. The molecule has 9 heteroatoms. The van der Waals surface area contributed by atoms with Crippen molar-refractivity contribution in [1.29, 1.82) is 0 Å². The molecule has 1 aromatic heterocycles. The van der Waals surface area contributed by atoms with Crippen LogP contribution in [0.5, 0.6) is 0 Å². The first-order chi connectivity index (χ1) is 20.8. The van der Waals surface area contributed by atoms with Crippen LogP contribution in [0.15, 0.2) is 101 Å². The minimum Gasteiger partial charge on any atom is -0.377 e. The monoisotopic (exact) mass is 602 g/mol. The van der Waals surface area contributed by atoms with Crippen molar-refractivity contribution in [2.24, 2.45) is 4.99 Å². The van der Waals surface area contributed by atoms with Gasteiger partial charge >= 0.3 is 6.18 Å². The number of ketones is 2. The van der Waals surface area contributed by atoms with Gasteiger partial charge in [-0.25, -0.2) is 4.98 Å². The highest BCUT2D eigenvalue weighted by molar-refractivity contribution is 7.07. The van der Waals surface area contributed by atoms with Crippen LogP contribution in [-0.2, 0) is 28.7 Å². The molecule has 0 fully saturated rings. The summed E-state index contributed by atoms with van der Waals surface area (Å²) in [6.45, 7) is 0.566. The van der Waals surface area contributed by atoms with Crippen molar-refractivity contribution < 1.29 is 27.5 Å². The van der Waals surface area contributed by atoms with Crippen LogP contribution in [0.1, 0.15) is 63.5 Å². The average Bonchev–Trinajstić information content (AvgIpc) is 3.71. The summed E-state index contributed by atoms with van der Waals surface area (Å²) in [7, 11) is 0. The number of aliphatic imine (C=N–C) groups is 1. The maximum Gasteiger partial charge on any atom is 0.416 e. The van der Waals surface area contributed by atoms with Gasteiger partial charge in [-0.05, 0) is 40.3 Å². The third-order valence-corrected chi connectivity index (χ3v) is 7.84. The first-order valence-corrected chi connectivity index (χ1v) is 14.8. The number of benzene rings is 3. The summed E-state index contributed by atoms with van der Waals surface area (Å²) in [6.07, 6.45) is -1.79. The highest BCUT2D eigenvalue weighted by Gasteiger charge is 2.32. The molecular weight excluding hydrogens is 573 g/mol. The molecule has 0 N–H and O–H groups in total. The summed E-state index contributed by atoms with van der Waals surface area (Å²) in [6, 6.07) is 22.1. The van der Waals surface area contributed by atoms with E-state index in [0.717, 1.165) is 34.4 Å². The van der Waals surface area contributed by atoms with Gasteiger partial charge in [0.1, 0.15) is 11.5 Å². The van der Waals surface area contributed by atoms with Gasteiger partial charge in [-0.2, -0.15) is 13.2 Å². The number of Topliss-reactive ketones (excluding diaryl/α,β-unsaturated/α-hetero) is 2. The lowest BCUT2D eigenvalue weighted by Gasteiger charge is -2.18. The smallest absolute Gasteiger partial charge is 0.377 e. The van der Waals surface area contributed by atoms with Gasteiger partial charge in [0.2, 0.25) is 0 Å². The Hall–Kier alpha value is -4.21. The van der Waals surface area contributed by atoms with Crippen LogP contribution in [0, 0.1) is 0 Å². The van der Waals surface area contributed by atoms with Gasteiger partial charge < -0.3 is 4.74 Å². The molecule has 3 aromatic carbocycles. The second-order valence-corrected chi connectivity index (χ2v) is 11.1. The first kappa shape index (κ1) is 30.3. The minimum absolute atomic E-state index is 0.0276. The van der Waals surface area contributed by atoms with E-state index >= 15 is 0 Å². The fourth-order valence-corrected chi connectivity index (χ4v) is 5.52. The molecule has 5 nitrogen and oxygen atoms in total. The maximum atomic E-state index is 13.5. The molecule has 0 saturated heterocycles.